The third-order valence-electron chi connectivity index (χ3n) is 3.96. The molecule has 9 nitrogen and oxygen atoms in total. The lowest BCUT2D eigenvalue weighted by atomic mass is 9.92. The Bertz CT molecular complexity index is 879. The molecule has 1 heterocycles. The quantitative estimate of drug-likeness (QED) is 0.566. The molecule has 0 bridgehead atoms. The molecule has 0 aliphatic rings. The molecule has 2 rings (SSSR count). The summed E-state index contributed by atoms with van der Waals surface area (Å²) in [6, 6.07) is 5.83. The van der Waals surface area contributed by atoms with Gasteiger partial charge in [0.1, 0.15) is 0 Å². The van der Waals surface area contributed by atoms with Crippen molar-refractivity contribution in [3.63, 3.8) is 0 Å². The summed E-state index contributed by atoms with van der Waals surface area (Å²) < 4.78 is 5.13. The normalized spacial score (nSPS) is 10.9. The van der Waals surface area contributed by atoms with Crippen molar-refractivity contribution in [2.24, 2.45) is 0 Å². The smallest absolute Gasteiger partial charge is 0.395 e. The fraction of sp³-hybridized carbons (Fsp3) is 0.389. The van der Waals surface area contributed by atoms with Crippen molar-refractivity contribution in [3.05, 3.63) is 56.1 Å². The number of carbonyl (C=O) groups is 1. The number of nitro groups is 1. The Balaban J connectivity index is 2.22. The molecule has 2 aromatic rings. The van der Waals surface area contributed by atoms with Crippen molar-refractivity contribution in [1.82, 2.24) is 9.97 Å². The molecule has 27 heavy (non-hydrogen) atoms. The van der Waals surface area contributed by atoms with Crippen molar-refractivity contribution < 1.29 is 14.5 Å². The van der Waals surface area contributed by atoms with Crippen molar-refractivity contribution in [1.29, 1.82) is 0 Å². The number of rotatable bonds is 7. The molecule has 144 valence electrons. The molecule has 0 saturated carbocycles. The largest absolute Gasteiger partial charge is 0.462 e. The van der Waals surface area contributed by atoms with Gasteiger partial charge in [-0.05, 0) is 23.0 Å². The maximum absolute atomic E-state index is 12.4. The summed E-state index contributed by atoms with van der Waals surface area (Å²) in [5.74, 6) is -0.618. The zero-order valence-electron chi connectivity index (χ0n) is 15.6. The standard InChI is InChI=1S/C18H22N4O5/c1-10(2)12-6-5-7-13(11(3)4)15(12)21-14(23)8-27-18-16(22(25)26)17(24)19-9-20-18/h5-7,9-11H,8H2,1-4H3,(H,21,23)(H,19,20,24). The topological polar surface area (TPSA) is 127 Å². The van der Waals surface area contributed by atoms with E-state index in [1.165, 1.54) is 0 Å². The van der Waals surface area contributed by atoms with Gasteiger partial charge in [-0.15, -0.1) is 0 Å². The molecule has 1 aromatic heterocycles. The first-order chi connectivity index (χ1) is 12.7. The molecule has 1 amide bonds. The average Bonchev–Trinajstić information content (AvgIpc) is 2.59. The summed E-state index contributed by atoms with van der Waals surface area (Å²) >= 11 is 0. The van der Waals surface area contributed by atoms with Crippen LogP contribution >= 0.6 is 0 Å². The number of amides is 1. The van der Waals surface area contributed by atoms with E-state index >= 15 is 0 Å². The van der Waals surface area contributed by atoms with Crippen LogP contribution in [0.3, 0.4) is 0 Å². The second-order valence-corrected chi connectivity index (χ2v) is 6.60. The number of aromatic amines is 1. The minimum atomic E-state index is -0.947. The molecular weight excluding hydrogens is 352 g/mol. The number of para-hydroxylation sites is 1. The Kier molecular flexibility index (Phi) is 6.27. The van der Waals surface area contributed by atoms with Crippen LogP contribution in [0.1, 0.15) is 50.7 Å². The SMILES string of the molecule is CC(C)c1cccc(C(C)C)c1NC(=O)COc1nc[nH]c(=O)c1[N+](=O)[O-]. The van der Waals surface area contributed by atoms with Gasteiger partial charge in [0.05, 0.1) is 11.3 Å². The Morgan fingerprint density at radius 3 is 2.37 bits per heavy atom. The van der Waals surface area contributed by atoms with Gasteiger partial charge in [-0.2, -0.15) is 4.98 Å². The number of H-pyrrole nitrogens is 1. The number of ether oxygens (including phenoxy) is 1. The first-order valence-electron chi connectivity index (χ1n) is 8.49. The first kappa shape index (κ1) is 20.1. The van der Waals surface area contributed by atoms with Crippen LogP contribution in [0.2, 0.25) is 0 Å². The van der Waals surface area contributed by atoms with Crippen molar-refractivity contribution in [2.75, 3.05) is 11.9 Å². The van der Waals surface area contributed by atoms with Crippen LogP contribution in [-0.4, -0.2) is 27.4 Å². The third kappa shape index (κ3) is 4.69. The summed E-state index contributed by atoms with van der Waals surface area (Å²) in [4.78, 5) is 39.7. The summed E-state index contributed by atoms with van der Waals surface area (Å²) in [7, 11) is 0. The summed E-state index contributed by atoms with van der Waals surface area (Å²) in [6.45, 7) is 7.58. The lowest BCUT2D eigenvalue weighted by Gasteiger charge is -2.20. The molecule has 0 aliphatic heterocycles. The van der Waals surface area contributed by atoms with Crippen LogP contribution < -0.4 is 15.6 Å². The number of hydrogen-bond donors (Lipinski definition) is 2. The Hall–Kier alpha value is -3.23. The lowest BCUT2D eigenvalue weighted by molar-refractivity contribution is -0.387. The van der Waals surface area contributed by atoms with Crippen molar-refractivity contribution >= 4 is 17.3 Å². The van der Waals surface area contributed by atoms with Crippen molar-refractivity contribution in [3.8, 4) is 5.88 Å². The van der Waals surface area contributed by atoms with Gasteiger partial charge in [0, 0.05) is 5.69 Å². The summed E-state index contributed by atoms with van der Waals surface area (Å²) in [6.07, 6.45) is 0.980. The molecule has 2 N–H and O–H groups in total. The molecule has 0 spiro atoms. The molecule has 9 heteroatoms. The fourth-order valence-electron chi connectivity index (χ4n) is 2.65. The second-order valence-electron chi connectivity index (χ2n) is 6.60. The van der Waals surface area contributed by atoms with Gasteiger partial charge >= 0.3 is 17.1 Å². The maximum atomic E-state index is 12.4. The Morgan fingerprint density at radius 2 is 1.85 bits per heavy atom. The zero-order valence-corrected chi connectivity index (χ0v) is 15.6. The van der Waals surface area contributed by atoms with E-state index in [1.807, 2.05) is 45.9 Å². The lowest BCUT2D eigenvalue weighted by Crippen LogP contribution is -2.24. The average molecular weight is 374 g/mol. The molecule has 0 aliphatic carbocycles. The van der Waals surface area contributed by atoms with Gasteiger partial charge in [0.15, 0.2) is 6.61 Å². The van der Waals surface area contributed by atoms with Crippen LogP contribution in [0.25, 0.3) is 0 Å². The van der Waals surface area contributed by atoms with Crippen LogP contribution in [-0.2, 0) is 4.79 Å². The van der Waals surface area contributed by atoms with Gasteiger partial charge in [-0.1, -0.05) is 45.9 Å². The third-order valence-corrected chi connectivity index (χ3v) is 3.96. The van der Waals surface area contributed by atoms with Crippen LogP contribution in [0.5, 0.6) is 5.88 Å². The maximum Gasteiger partial charge on any atom is 0.395 e. The molecule has 0 fully saturated rings. The molecule has 0 atom stereocenters. The van der Waals surface area contributed by atoms with Gasteiger partial charge < -0.3 is 15.0 Å². The Labute approximate surface area is 155 Å². The molecule has 0 radical (unpaired) electrons. The van der Waals surface area contributed by atoms with Crippen LogP contribution in [0, 0.1) is 10.1 Å². The predicted molar refractivity (Wildman–Crippen MR) is 100 cm³/mol. The Morgan fingerprint density at radius 1 is 1.26 bits per heavy atom. The van der Waals surface area contributed by atoms with E-state index in [2.05, 4.69) is 15.3 Å². The van der Waals surface area contributed by atoms with Crippen LogP contribution in [0.4, 0.5) is 11.4 Å². The second kappa shape index (κ2) is 8.43. The monoisotopic (exact) mass is 374 g/mol. The highest BCUT2D eigenvalue weighted by Gasteiger charge is 2.23. The minimum absolute atomic E-state index is 0.190. The highest BCUT2D eigenvalue weighted by atomic mass is 16.6. The molecular formula is C18H22N4O5. The van der Waals surface area contributed by atoms with Gasteiger partial charge in [-0.25, -0.2) is 0 Å². The van der Waals surface area contributed by atoms with Crippen molar-refractivity contribution in [2.45, 2.75) is 39.5 Å². The summed E-state index contributed by atoms with van der Waals surface area (Å²) in [5.41, 5.74) is 0.891. The van der Waals surface area contributed by atoms with Crippen LogP contribution in [0.15, 0.2) is 29.3 Å². The summed E-state index contributed by atoms with van der Waals surface area (Å²) in [5, 5.41) is 13.8. The number of anilines is 1. The highest BCUT2D eigenvalue weighted by Crippen LogP contribution is 2.32. The van der Waals surface area contributed by atoms with E-state index in [1.54, 1.807) is 0 Å². The highest BCUT2D eigenvalue weighted by molar-refractivity contribution is 5.93. The molecule has 0 saturated heterocycles. The number of hydrogen-bond acceptors (Lipinski definition) is 6. The van der Waals surface area contributed by atoms with Gasteiger partial charge in [-0.3, -0.25) is 19.7 Å². The van der Waals surface area contributed by atoms with Gasteiger partial charge in [0.2, 0.25) is 0 Å². The first-order valence-corrected chi connectivity index (χ1v) is 8.49. The number of nitrogens with zero attached hydrogens (tertiary/aromatic N) is 2. The number of carbonyl (C=O) groups excluding carboxylic acids is 1. The van der Waals surface area contributed by atoms with Gasteiger partial charge in [0.25, 0.3) is 5.91 Å². The number of aromatic nitrogens is 2. The van der Waals surface area contributed by atoms with E-state index in [4.69, 9.17) is 4.74 Å². The predicted octanol–water partition coefficient (Wildman–Crippen LogP) is 2.94. The van der Waals surface area contributed by atoms with E-state index in [-0.39, 0.29) is 11.8 Å². The van der Waals surface area contributed by atoms with E-state index in [0.717, 1.165) is 17.5 Å². The minimum Gasteiger partial charge on any atom is -0.462 e. The fourth-order valence-corrected chi connectivity index (χ4v) is 2.65. The van der Waals surface area contributed by atoms with E-state index < -0.39 is 34.6 Å². The molecule has 1 aromatic carbocycles. The zero-order chi connectivity index (χ0) is 20.1. The van der Waals surface area contributed by atoms with E-state index in [0.29, 0.717) is 5.69 Å². The number of benzene rings is 1. The number of nitrogens with one attached hydrogen (secondary N) is 2. The van der Waals surface area contributed by atoms with E-state index in [9.17, 15) is 19.7 Å². The molecule has 0 unspecified atom stereocenters.